The van der Waals surface area contributed by atoms with Crippen LogP contribution in [0.25, 0.3) is 94.4 Å². The molecule has 0 atom stereocenters. The first-order chi connectivity index (χ1) is 26.5. The van der Waals surface area contributed by atoms with Crippen LogP contribution in [-0.2, 0) is 0 Å². The van der Waals surface area contributed by atoms with E-state index in [9.17, 15) is 2.74 Å². The fraction of sp³-hybridized carbons (Fsp3) is 0. The number of para-hydroxylation sites is 3. The highest BCUT2D eigenvalue weighted by molar-refractivity contribution is 6.24. The fourth-order valence-corrected chi connectivity index (χ4v) is 5.98. The molecule has 0 bridgehead atoms. The molecule has 0 aliphatic rings. The van der Waals surface area contributed by atoms with Gasteiger partial charge in [-0.15, -0.1) is 0 Å². The van der Waals surface area contributed by atoms with Crippen LogP contribution in [-0.4, -0.2) is 19.5 Å². The Morgan fingerprint density at radius 2 is 1.24 bits per heavy atom. The quantitative estimate of drug-likeness (QED) is 0.205. The predicted octanol–water partition coefficient (Wildman–Crippen LogP) is 10.1. The smallest absolute Gasteiger partial charge is 0.238 e. The molecule has 0 N–H and O–H groups in total. The first-order valence-corrected chi connectivity index (χ1v) is 14.1. The van der Waals surface area contributed by atoms with Crippen LogP contribution in [0.15, 0.2) is 142 Å². The van der Waals surface area contributed by atoms with E-state index in [4.69, 9.17) is 34.8 Å². The van der Waals surface area contributed by atoms with Gasteiger partial charge < -0.3 is 8.83 Å². The van der Waals surface area contributed by atoms with Crippen molar-refractivity contribution in [2.75, 3.05) is 0 Å². The van der Waals surface area contributed by atoms with E-state index in [0.717, 1.165) is 10.8 Å². The lowest BCUT2D eigenvalue weighted by Crippen LogP contribution is -2.06. The zero-order valence-electron chi connectivity index (χ0n) is 33.0. The Morgan fingerprint density at radius 1 is 0.511 bits per heavy atom. The highest BCUT2D eigenvalue weighted by atomic mass is 16.3. The number of hydrogen-bond acceptors (Lipinski definition) is 5. The third-order valence-electron chi connectivity index (χ3n) is 7.97. The molecule has 0 fully saturated rings. The molecular formula is C39H22N4O2. The summed E-state index contributed by atoms with van der Waals surface area (Å²) in [7, 11) is 0. The van der Waals surface area contributed by atoms with Crippen LogP contribution in [0.4, 0.5) is 0 Å². The lowest BCUT2D eigenvalue weighted by molar-refractivity contribution is 0.668. The van der Waals surface area contributed by atoms with E-state index >= 15 is 0 Å². The molecule has 0 amide bonds. The molecule has 0 aliphatic heterocycles. The number of hydrogen-bond donors (Lipinski definition) is 0. The molecule has 0 radical (unpaired) electrons. The van der Waals surface area contributed by atoms with Crippen molar-refractivity contribution in [3.8, 4) is 28.7 Å². The van der Waals surface area contributed by atoms with Crippen LogP contribution in [0.3, 0.4) is 0 Å². The number of furan rings is 2. The van der Waals surface area contributed by atoms with Crippen LogP contribution < -0.4 is 0 Å². The zero-order chi connectivity index (χ0) is 38.2. The number of benzene rings is 6. The second-order valence-corrected chi connectivity index (χ2v) is 10.5. The van der Waals surface area contributed by atoms with Crippen LogP contribution >= 0.6 is 0 Å². The topological polar surface area (TPSA) is 69.9 Å². The summed E-state index contributed by atoms with van der Waals surface area (Å²) >= 11 is 0. The number of nitrogens with zero attached hydrogens (tertiary/aromatic N) is 4. The van der Waals surface area contributed by atoms with E-state index in [2.05, 4.69) is 0 Å². The molecule has 0 spiro atoms. The average molecular weight is 589 g/mol. The minimum atomic E-state index is -0.568. The van der Waals surface area contributed by atoms with Gasteiger partial charge in [0, 0.05) is 38.1 Å². The van der Waals surface area contributed by atoms with Gasteiger partial charge in [-0.3, -0.25) is 4.57 Å². The summed E-state index contributed by atoms with van der Waals surface area (Å²) in [6, 6.07) is 17.2. The molecule has 10 aromatic rings. The molecule has 6 nitrogen and oxygen atoms in total. The van der Waals surface area contributed by atoms with Crippen molar-refractivity contribution in [3.05, 3.63) is 133 Å². The SMILES string of the molecule is [2H]c1c([2H])c([2H])c2c(oc3c([2H])c([2H])c4c5c([2H])c([2H])c([2H])c([2H])c5n(-c5nc(-c6ccccc6)nc(-c6ccc7c(c6)oc6ccccc67)n5)c4c32)c1[2H]. The molecule has 0 unspecified atom stereocenters. The van der Waals surface area contributed by atoms with Gasteiger partial charge >= 0.3 is 0 Å². The Labute approximate surface area is 269 Å². The fourth-order valence-electron chi connectivity index (χ4n) is 5.98. The zero-order valence-corrected chi connectivity index (χ0v) is 23.0. The molecule has 0 saturated heterocycles. The van der Waals surface area contributed by atoms with Crippen molar-refractivity contribution in [1.29, 1.82) is 0 Å². The maximum atomic E-state index is 9.22. The van der Waals surface area contributed by atoms with Crippen molar-refractivity contribution in [3.63, 3.8) is 0 Å². The van der Waals surface area contributed by atoms with Gasteiger partial charge in [-0.2, -0.15) is 9.97 Å². The highest BCUT2D eigenvalue weighted by Crippen LogP contribution is 2.40. The Bertz CT molecular complexity index is 3340. The van der Waals surface area contributed by atoms with Crippen LogP contribution in [0, 0.1) is 0 Å². The lowest BCUT2D eigenvalue weighted by Gasteiger charge is -2.11. The van der Waals surface area contributed by atoms with E-state index in [1.807, 2.05) is 54.6 Å². The Hall–Kier alpha value is -6.27. The first-order valence-electron chi connectivity index (χ1n) is 19.1. The van der Waals surface area contributed by atoms with Crippen molar-refractivity contribution in [2.24, 2.45) is 0 Å². The van der Waals surface area contributed by atoms with E-state index < -0.39 is 60.4 Å². The summed E-state index contributed by atoms with van der Waals surface area (Å²) in [5.41, 5.74) is 1.83. The average Bonchev–Trinajstić information content (AvgIpc) is 3.90. The van der Waals surface area contributed by atoms with Crippen LogP contribution in [0.1, 0.15) is 13.7 Å². The Balaban J connectivity index is 1.42. The van der Waals surface area contributed by atoms with Crippen molar-refractivity contribution in [1.82, 2.24) is 19.5 Å². The van der Waals surface area contributed by atoms with Gasteiger partial charge in [0.1, 0.15) is 22.3 Å². The molecule has 6 heteroatoms. The molecule has 45 heavy (non-hydrogen) atoms. The minimum absolute atomic E-state index is 0.00187. The highest BCUT2D eigenvalue weighted by Gasteiger charge is 2.22. The monoisotopic (exact) mass is 588 g/mol. The normalized spacial score (nSPS) is 15.1. The van der Waals surface area contributed by atoms with Crippen molar-refractivity contribution < 1.29 is 22.5 Å². The second-order valence-electron chi connectivity index (χ2n) is 10.5. The lowest BCUT2D eigenvalue weighted by atomic mass is 10.1. The van der Waals surface area contributed by atoms with Gasteiger partial charge in [0.05, 0.1) is 30.1 Å². The first kappa shape index (κ1) is 16.5. The van der Waals surface area contributed by atoms with Gasteiger partial charge in [-0.1, -0.05) is 90.9 Å². The van der Waals surface area contributed by atoms with E-state index in [1.165, 1.54) is 4.57 Å². The summed E-state index contributed by atoms with van der Waals surface area (Å²) in [5, 5.41) is 1.55. The van der Waals surface area contributed by atoms with Gasteiger partial charge in [-0.25, -0.2) is 4.98 Å². The maximum absolute atomic E-state index is 9.22. The van der Waals surface area contributed by atoms with E-state index in [0.29, 0.717) is 22.3 Å². The van der Waals surface area contributed by atoms with Gasteiger partial charge in [0.15, 0.2) is 11.6 Å². The molecule has 10 rings (SSSR count). The van der Waals surface area contributed by atoms with E-state index in [-0.39, 0.29) is 61.3 Å². The summed E-state index contributed by atoms with van der Waals surface area (Å²) in [5.74, 6) is 0.271. The molecular weight excluding hydrogens is 556 g/mol. The maximum Gasteiger partial charge on any atom is 0.238 e. The third-order valence-corrected chi connectivity index (χ3v) is 7.97. The summed E-state index contributed by atoms with van der Waals surface area (Å²) in [4.78, 5) is 14.6. The van der Waals surface area contributed by atoms with Crippen molar-refractivity contribution >= 4 is 65.7 Å². The summed E-state index contributed by atoms with van der Waals surface area (Å²) in [6.45, 7) is 0. The standard InChI is InChI=1S/C39H22N4O2/c1-2-10-23(11-3-1)37-40-38(24-18-19-27-26-13-5-8-16-31(26)45-34(27)22-24)42-39(41-37)43-30-15-7-4-12-25(30)28-20-21-33-35(36(28)43)29-14-6-9-17-32(29)44-33/h1-22H/i4D,6D,7D,9D,12D,14D,15D,17D,20D,21D. The van der Waals surface area contributed by atoms with Gasteiger partial charge in [-0.05, 0) is 42.4 Å². The van der Waals surface area contributed by atoms with Crippen molar-refractivity contribution in [2.45, 2.75) is 0 Å². The van der Waals surface area contributed by atoms with E-state index in [1.54, 1.807) is 18.2 Å². The molecule has 210 valence electrons. The van der Waals surface area contributed by atoms with Crippen LogP contribution in [0.2, 0.25) is 0 Å². The van der Waals surface area contributed by atoms with Gasteiger partial charge in [0.2, 0.25) is 5.95 Å². The molecule has 4 heterocycles. The second kappa shape index (κ2) is 9.11. The Morgan fingerprint density at radius 3 is 2.16 bits per heavy atom. The largest absolute Gasteiger partial charge is 0.456 e. The molecule has 0 aliphatic carbocycles. The minimum Gasteiger partial charge on any atom is -0.456 e. The number of fused-ring (bicyclic) bond motifs is 10. The molecule has 4 aromatic heterocycles. The number of aromatic nitrogens is 4. The Kier molecular flexibility index (Phi) is 3.35. The third kappa shape index (κ3) is 3.53. The summed E-state index contributed by atoms with van der Waals surface area (Å²) < 4.78 is 102. The number of rotatable bonds is 3. The molecule has 0 saturated carbocycles. The predicted molar refractivity (Wildman–Crippen MR) is 180 cm³/mol. The van der Waals surface area contributed by atoms with Crippen LogP contribution in [0.5, 0.6) is 0 Å². The summed E-state index contributed by atoms with van der Waals surface area (Å²) in [6.07, 6.45) is 0. The van der Waals surface area contributed by atoms with Gasteiger partial charge in [0.25, 0.3) is 0 Å². The molecule has 6 aromatic carbocycles.